The molecule has 1 N–H and O–H groups in total. The predicted octanol–water partition coefficient (Wildman–Crippen LogP) is 4.00. The van der Waals surface area contributed by atoms with Crippen LogP contribution in [0.1, 0.15) is 63.3 Å². The Morgan fingerprint density at radius 2 is 2.05 bits per heavy atom. The van der Waals surface area contributed by atoms with E-state index in [0.717, 1.165) is 23.3 Å². The molecular weight excluding hydrogens is 252 g/mol. The summed E-state index contributed by atoms with van der Waals surface area (Å²) in [5.74, 6) is 0.0895. The van der Waals surface area contributed by atoms with Crippen molar-refractivity contribution in [3.63, 3.8) is 0 Å². The van der Waals surface area contributed by atoms with E-state index in [-0.39, 0.29) is 11.0 Å². The summed E-state index contributed by atoms with van der Waals surface area (Å²) in [4.78, 5) is 15.8. The van der Waals surface area contributed by atoms with Crippen molar-refractivity contribution in [1.29, 1.82) is 0 Å². The average molecular weight is 274 g/mol. The molecule has 0 bridgehead atoms. The largest absolute Gasteiger partial charge is 0.478 e. The number of carbonyl (C=O) groups is 1. The highest BCUT2D eigenvalue weighted by Crippen LogP contribution is 2.30. The van der Waals surface area contributed by atoms with E-state index < -0.39 is 5.97 Å². The number of aromatic carboxylic acids is 1. The highest BCUT2D eigenvalue weighted by Gasteiger charge is 2.25. The molecule has 108 valence electrons. The molecule has 4 nitrogen and oxygen atoms in total. The number of hydrogen-bond donors (Lipinski definition) is 1. The molecule has 0 aliphatic carbocycles. The molecule has 0 amide bonds. The van der Waals surface area contributed by atoms with E-state index in [1.807, 2.05) is 6.07 Å². The second kappa shape index (κ2) is 4.93. The van der Waals surface area contributed by atoms with Crippen molar-refractivity contribution in [2.45, 2.75) is 52.5 Å². The van der Waals surface area contributed by atoms with Crippen LogP contribution in [0.25, 0.3) is 11.0 Å². The fraction of sp³-hybridized carbons (Fsp3) is 0.500. The predicted molar refractivity (Wildman–Crippen MR) is 80.4 cm³/mol. The first-order chi connectivity index (χ1) is 9.25. The smallest absolute Gasteiger partial charge is 0.335 e. The molecule has 0 fully saturated rings. The maximum absolute atomic E-state index is 11.1. The molecule has 20 heavy (non-hydrogen) atoms. The molecule has 0 saturated carbocycles. The number of carboxylic acids is 1. The van der Waals surface area contributed by atoms with Gasteiger partial charge in [-0.25, -0.2) is 9.78 Å². The number of hydrogen-bond acceptors (Lipinski definition) is 2. The second-order valence-electron chi connectivity index (χ2n) is 6.32. The minimum atomic E-state index is -0.915. The van der Waals surface area contributed by atoms with Crippen molar-refractivity contribution >= 4 is 17.0 Å². The summed E-state index contributed by atoms with van der Waals surface area (Å²) in [6, 6.07) is 5.52. The van der Waals surface area contributed by atoms with Crippen LogP contribution >= 0.6 is 0 Å². The van der Waals surface area contributed by atoms with Crippen LogP contribution < -0.4 is 0 Å². The molecule has 1 aromatic heterocycles. The molecule has 1 heterocycles. The SMILES string of the molecule is CCC(C)n1c(C(C)(C)C)nc2cc(C(=O)O)ccc21. The molecule has 2 aromatic rings. The van der Waals surface area contributed by atoms with Gasteiger partial charge in [0.1, 0.15) is 5.82 Å². The summed E-state index contributed by atoms with van der Waals surface area (Å²) in [6.07, 6.45) is 1.01. The lowest BCUT2D eigenvalue weighted by molar-refractivity contribution is 0.0697. The molecule has 0 aliphatic heterocycles. The van der Waals surface area contributed by atoms with Crippen LogP contribution in [0, 0.1) is 0 Å². The molecule has 0 spiro atoms. The summed E-state index contributed by atoms with van der Waals surface area (Å²) >= 11 is 0. The molecule has 1 unspecified atom stereocenters. The Kier molecular flexibility index (Phi) is 3.59. The van der Waals surface area contributed by atoms with Gasteiger partial charge < -0.3 is 9.67 Å². The quantitative estimate of drug-likeness (QED) is 0.920. The van der Waals surface area contributed by atoms with Gasteiger partial charge in [-0.1, -0.05) is 27.7 Å². The van der Waals surface area contributed by atoms with Gasteiger partial charge in [0, 0.05) is 11.5 Å². The normalized spacial score (nSPS) is 13.7. The van der Waals surface area contributed by atoms with Crippen molar-refractivity contribution in [3.05, 3.63) is 29.6 Å². The number of imidazole rings is 1. The van der Waals surface area contributed by atoms with Crippen LogP contribution in [0.15, 0.2) is 18.2 Å². The number of nitrogens with zero attached hydrogens (tertiary/aromatic N) is 2. The summed E-state index contributed by atoms with van der Waals surface area (Å²) in [7, 11) is 0. The first-order valence-electron chi connectivity index (χ1n) is 7.01. The first-order valence-corrected chi connectivity index (χ1v) is 7.01. The zero-order valence-corrected chi connectivity index (χ0v) is 12.8. The monoisotopic (exact) mass is 274 g/mol. The van der Waals surface area contributed by atoms with Crippen molar-refractivity contribution < 1.29 is 9.90 Å². The molecule has 1 aromatic carbocycles. The summed E-state index contributed by atoms with van der Waals surface area (Å²) < 4.78 is 2.24. The Morgan fingerprint density at radius 1 is 1.40 bits per heavy atom. The Balaban J connectivity index is 2.75. The van der Waals surface area contributed by atoms with Gasteiger partial charge >= 0.3 is 5.97 Å². The highest BCUT2D eigenvalue weighted by atomic mass is 16.4. The van der Waals surface area contributed by atoms with Gasteiger partial charge in [-0.15, -0.1) is 0 Å². The highest BCUT2D eigenvalue weighted by molar-refractivity contribution is 5.92. The number of fused-ring (bicyclic) bond motifs is 1. The third kappa shape index (κ3) is 2.42. The van der Waals surface area contributed by atoms with Crippen molar-refractivity contribution in [1.82, 2.24) is 9.55 Å². The van der Waals surface area contributed by atoms with E-state index in [1.165, 1.54) is 0 Å². The Bertz CT molecular complexity index is 650. The Morgan fingerprint density at radius 3 is 2.55 bits per heavy atom. The molecule has 1 atom stereocenters. The number of aromatic nitrogens is 2. The van der Waals surface area contributed by atoms with Crippen molar-refractivity contribution in [2.75, 3.05) is 0 Å². The van der Waals surface area contributed by atoms with Gasteiger partial charge in [-0.3, -0.25) is 0 Å². The topological polar surface area (TPSA) is 55.1 Å². The van der Waals surface area contributed by atoms with Crippen molar-refractivity contribution in [2.24, 2.45) is 0 Å². The van der Waals surface area contributed by atoms with Crippen LogP contribution in [-0.2, 0) is 5.41 Å². The minimum Gasteiger partial charge on any atom is -0.478 e. The average Bonchev–Trinajstić information content (AvgIpc) is 2.75. The standard InChI is InChI=1S/C16H22N2O2/c1-6-10(2)18-13-8-7-11(14(19)20)9-12(13)17-15(18)16(3,4)5/h7-10H,6H2,1-5H3,(H,19,20). The molecule has 0 saturated heterocycles. The fourth-order valence-corrected chi connectivity index (χ4v) is 2.39. The van der Waals surface area contributed by atoms with Gasteiger partial charge in [0.15, 0.2) is 0 Å². The van der Waals surface area contributed by atoms with E-state index in [9.17, 15) is 4.79 Å². The van der Waals surface area contributed by atoms with E-state index in [0.29, 0.717) is 6.04 Å². The lowest BCUT2D eigenvalue weighted by atomic mass is 9.95. The van der Waals surface area contributed by atoms with E-state index >= 15 is 0 Å². The lowest BCUT2D eigenvalue weighted by Gasteiger charge is -2.23. The molecule has 0 radical (unpaired) electrons. The van der Waals surface area contributed by atoms with E-state index in [1.54, 1.807) is 12.1 Å². The maximum atomic E-state index is 11.1. The summed E-state index contributed by atoms with van der Waals surface area (Å²) in [5, 5.41) is 9.10. The van der Waals surface area contributed by atoms with Crippen LogP contribution in [0.2, 0.25) is 0 Å². The lowest BCUT2D eigenvalue weighted by Crippen LogP contribution is -2.20. The van der Waals surface area contributed by atoms with Gasteiger partial charge in [0.2, 0.25) is 0 Å². The first kappa shape index (κ1) is 14.6. The van der Waals surface area contributed by atoms with Crippen LogP contribution in [0.4, 0.5) is 0 Å². The molecular formula is C16H22N2O2. The number of benzene rings is 1. The number of rotatable bonds is 3. The summed E-state index contributed by atoms with van der Waals surface area (Å²) in [6.45, 7) is 10.7. The number of carboxylic acid groups (broad SMARTS) is 1. The molecule has 0 aliphatic rings. The Hall–Kier alpha value is -1.84. The maximum Gasteiger partial charge on any atom is 0.335 e. The fourth-order valence-electron chi connectivity index (χ4n) is 2.39. The van der Waals surface area contributed by atoms with Crippen molar-refractivity contribution in [3.8, 4) is 0 Å². The Labute approximate surface area is 119 Å². The van der Waals surface area contributed by atoms with E-state index in [4.69, 9.17) is 10.1 Å². The van der Waals surface area contributed by atoms with Gasteiger partial charge in [0.05, 0.1) is 16.6 Å². The van der Waals surface area contributed by atoms with Gasteiger partial charge in [-0.05, 0) is 31.5 Å². The minimum absolute atomic E-state index is 0.0775. The van der Waals surface area contributed by atoms with Crippen LogP contribution in [0.5, 0.6) is 0 Å². The van der Waals surface area contributed by atoms with Crippen LogP contribution in [0.3, 0.4) is 0 Å². The molecule has 2 rings (SSSR count). The zero-order valence-electron chi connectivity index (χ0n) is 12.8. The molecule has 4 heteroatoms. The van der Waals surface area contributed by atoms with Gasteiger partial charge in [-0.2, -0.15) is 0 Å². The zero-order chi connectivity index (χ0) is 15.1. The van der Waals surface area contributed by atoms with Gasteiger partial charge in [0.25, 0.3) is 0 Å². The third-order valence-electron chi connectivity index (χ3n) is 3.64. The third-order valence-corrected chi connectivity index (χ3v) is 3.64. The summed E-state index contributed by atoms with van der Waals surface area (Å²) in [5.41, 5.74) is 1.97. The van der Waals surface area contributed by atoms with Crippen LogP contribution in [-0.4, -0.2) is 20.6 Å². The van der Waals surface area contributed by atoms with E-state index in [2.05, 4.69) is 39.2 Å². The second-order valence-corrected chi connectivity index (χ2v) is 6.32.